The fourth-order valence-electron chi connectivity index (χ4n) is 6.05. The van der Waals surface area contributed by atoms with Gasteiger partial charge in [0.2, 0.25) is 0 Å². The molecule has 5 heterocycles. The van der Waals surface area contributed by atoms with Crippen LogP contribution < -0.4 is 0 Å². The van der Waals surface area contributed by atoms with Gasteiger partial charge in [-0.25, -0.2) is 14.7 Å². The van der Waals surface area contributed by atoms with E-state index in [0.717, 1.165) is 77.3 Å². The van der Waals surface area contributed by atoms with Gasteiger partial charge in [0.25, 0.3) is 0 Å². The molecule has 0 fully saturated rings. The second-order valence-corrected chi connectivity index (χ2v) is 10.8. The van der Waals surface area contributed by atoms with E-state index >= 15 is 0 Å². The minimum Gasteiger partial charge on any atom is -0.265 e. The summed E-state index contributed by atoms with van der Waals surface area (Å²) in [5.74, 6) is 0. The smallest absolute Gasteiger partial charge is 0.177 e. The SMILES string of the molecule is [C-]#[N+]c1cc([N+]#[C-])cc(-c2cc3c4cccnc4c(-c4cc(-c5ccncc5)nc(-c5ccncc5)c4)cc3c3cccnc23)c1. The molecule has 0 N–H and O–H groups in total. The highest BCUT2D eigenvalue weighted by Crippen LogP contribution is 2.42. The van der Waals surface area contributed by atoms with Crippen LogP contribution in [-0.4, -0.2) is 24.9 Å². The van der Waals surface area contributed by atoms with E-state index in [1.165, 1.54) is 0 Å². The van der Waals surface area contributed by atoms with Gasteiger partial charge in [-0.15, -0.1) is 0 Å². The molecule has 0 bridgehead atoms. The van der Waals surface area contributed by atoms with Gasteiger partial charge in [0.1, 0.15) is 0 Å². The molecule has 0 radical (unpaired) electrons. The van der Waals surface area contributed by atoms with Crippen molar-refractivity contribution >= 4 is 44.0 Å². The Morgan fingerprint density at radius 2 is 0.891 bits per heavy atom. The van der Waals surface area contributed by atoms with E-state index < -0.39 is 0 Å². The van der Waals surface area contributed by atoms with E-state index in [2.05, 4.69) is 56.1 Å². The van der Waals surface area contributed by atoms with Crippen molar-refractivity contribution in [2.24, 2.45) is 0 Å². The molecular weight excluding hydrogens is 566 g/mol. The topological polar surface area (TPSA) is 73.2 Å². The molecule has 5 aromatic heterocycles. The van der Waals surface area contributed by atoms with Crippen LogP contribution in [0, 0.1) is 13.1 Å². The summed E-state index contributed by atoms with van der Waals surface area (Å²) in [6.45, 7) is 15.2. The first-order valence-electron chi connectivity index (χ1n) is 14.5. The average molecular weight is 588 g/mol. The van der Waals surface area contributed by atoms with E-state index in [9.17, 15) is 0 Å². The second-order valence-electron chi connectivity index (χ2n) is 10.8. The van der Waals surface area contributed by atoms with Gasteiger partial charge in [0, 0.05) is 70.2 Å². The number of benzene rings is 3. The molecular formula is C39H21N7. The number of rotatable bonds is 4. The molecule has 0 saturated heterocycles. The predicted molar refractivity (Wildman–Crippen MR) is 182 cm³/mol. The van der Waals surface area contributed by atoms with E-state index in [1.54, 1.807) is 37.1 Å². The van der Waals surface area contributed by atoms with Crippen molar-refractivity contribution in [2.75, 3.05) is 0 Å². The second kappa shape index (κ2) is 11.0. The first kappa shape index (κ1) is 26.8. The molecule has 0 spiro atoms. The summed E-state index contributed by atoms with van der Waals surface area (Å²) in [7, 11) is 0. The molecule has 8 aromatic rings. The van der Waals surface area contributed by atoms with Crippen LogP contribution in [0.25, 0.3) is 87.0 Å². The molecule has 7 nitrogen and oxygen atoms in total. The number of fused-ring (bicyclic) bond motifs is 5. The van der Waals surface area contributed by atoms with Crippen molar-refractivity contribution in [1.82, 2.24) is 24.9 Å². The highest BCUT2D eigenvalue weighted by atomic mass is 14.7. The molecule has 212 valence electrons. The van der Waals surface area contributed by atoms with Crippen LogP contribution in [0.15, 0.2) is 128 Å². The van der Waals surface area contributed by atoms with E-state index in [-0.39, 0.29) is 0 Å². The molecule has 3 aromatic carbocycles. The average Bonchev–Trinajstić information content (AvgIpc) is 3.14. The standard InChI is InChI=1S/C39H21N7/c1-40-28-17-26(18-29(21-28)41-2)32-22-34-31-6-4-12-45-39(31)33(23-35(34)30-5-3-11-44-38(30)32)27-19-36(24-7-13-42-14-8-24)46-37(20-27)25-9-15-43-16-10-25/h3-23H. The molecule has 0 aliphatic carbocycles. The molecule has 8 rings (SSSR count). The lowest BCUT2D eigenvalue weighted by Crippen LogP contribution is -1.94. The third-order valence-electron chi connectivity index (χ3n) is 8.13. The van der Waals surface area contributed by atoms with Gasteiger partial charge >= 0.3 is 0 Å². The molecule has 0 saturated carbocycles. The Kier molecular flexibility index (Phi) is 6.41. The van der Waals surface area contributed by atoms with Gasteiger partial charge in [-0.2, -0.15) is 0 Å². The van der Waals surface area contributed by atoms with Crippen LogP contribution in [-0.2, 0) is 0 Å². The lowest BCUT2D eigenvalue weighted by Gasteiger charge is -2.16. The fourth-order valence-corrected chi connectivity index (χ4v) is 6.05. The van der Waals surface area contributed by atoms with Crippen molar-refractivity contribution in [3.8, 4) is 44.8 Å². The van der Waals surface area contributed by atoms with Crippen molar-refractivity contribution < 1.29 is 0 Å². The molecule has 0 atom stereocenters. The normalized spacial score (nSPS) is 11.0. The highest BCUT2D eigenvalue weighted by Gasteiger charge is 2.18. The first-order valence-corrected chi connectivity index (χ1v) is 14.5. The summed E-state index contributed by atoms with van der Waals surface area (Å²) < 4.78 is 0. The van der Waals surface area contributed by atoms with Gasteiger partial charge in [-0.3, -0.25) is 19.9 Å². The Hall–Kier alpha value is -6.83. The maximum absolute atomic E-state index is 7.61. The van der Waals surface area contributed by atoms with Gasteiger partial charge in [0.05, 0.1) is 35.6 Å². The molecule has 0 aliphatic heterocycles. The molecule has 46 heavy (non-hydrogen) atoms. The summed E-state index contributed by atoms with van der Waals surface area (Å²) in [5, 5.41) is 4.00. The predicted octanol–water partition coefficient (Wildman–Crippen LogP) is 9.89. The number of nitrogens with zero attached hydrogens (tertiary/aromatic N) is 7. The van der Waals surface area contributed by atoms with Crippen LogP contribution in [0.3, 0.4) is 0 Å². The fraction of sp³-hybridized carbons (Fsp3) is 0. The highest BCUT2D eigenvalue weighted by molar-refractivity contribution is 6.22. The van der Waals surface area contributed by atoms with Crippen molar-refractivity contribution in [2.45, 2.75) is 0 Å². The Morgan fingerprint density at radius 3 is 1.35 bits per heavy atom. The van der Waals surface area contributed by atoms with Crippen LogP contribution in [0.4, 0.5) is 11.4 Å². The first-order chi connectivity index (χ1) is 22.7. The Balaban J connectivity index is 1.45. The lowest BCUT2D eigenvalue weighted by molar-refractivity contribution is 1.27. The van der Waals surface area contributed by atoms with Crippen LogP contribution >= 0.6 is 0 Å². The van der Waals surface area contributed by atoms with Gasteiger partial charge in [-0.1, -0.05) is 30.3 Å². The lowest BCUT2D eigenvalue weighted by atomic mass is 9.90. The zero-order valence-corrected chi connectivity index (χ0v) is 24.3. The van der Waals surface area contributed by atoms with Gasteiger partial charge < -0.3 is 0 Å². The molecule has 0 unspecified atom stereocenters. The van der Waals surface area contributed by atoms with Crippen LogP contribution in [0.5, 0.6) is 0 Å². The van der Waals surface area contributed by atoms with Crippen molar-refractivity contribution in [3.05, 3.63) is 151 Å². The summed E-state index contributed by atoms with van der Waals surface area (Å²) in [6.07, 6.45) is 10.7. The number of aromatic nitrogens is 5. The summed E-state index contributed by atoms with van der Waals surface area (Å²) in [4.78, 5) is 30.4. The molecule has 7 heteroatoms. The Morgan fingerprint density at radius 1 is 0.435 bits per heavy atom. The third kappa shape index (κ3) is 4.57. The largest absolute Gasteiger partial charge is 0.265 e. The van der Waals surface area contributed by atoms with E-state index in [4.69, 9.17) is 28.1 Å². The third-order valence-corrected chi connectivity index (χ3v) is 8.13. The zero-order chi connectivity index (χ0) is 31.0. The minimum absolute atomic E-state index is 0.419. The number of hydrogen-bond donors (Lipinski definition) is 0. The molecule has 0 amide bonds. The Labute approximate surface area is 264 Å². The maximum atomic E-state index is 7.61. The number of hydrogen-bond acceptors (Lipinski definition) is 5. The molecule has 0 aliphatic rings. The van der Waals surface area contributed by atoms with Crippen LogP contribution in [0.1, 0.15) is 0 Å². The summed E-state index contributed by atoms with van der Waals surface area (Å²) >= 11 is 0. The van der Waals surface area contributed by atoms with Gasteiger partial charge in [0.15, 0.2) is 11.4 Å². The van der Waals surface area contributed by atoms with Crippen molar-refractivity contribution in [1.29, 1.82) is 0 Å². The number of pyridine rings is 5. The monoisotopic (exact) mass is 587 g/mol. The van der Waals surface area contributed by atoms with Crippen LogP contribution in [0.2, 0.25) is 0 Å². The maximum Gasteiger partial charge on any atom is 0.177 e. The van der Waals surface area contributed by atoms with Gasteiger partial charge in [-0.05, 0) is 82.6 Å². The summed E-state index contributed by atoms with van der Waals surface area (Å²) in [6, 6.07) is 29.7. The Bertz CT molecular complexity index is 2460. The van der Waals surface area contributed by atoms with Crippen molar-refractivity contribution in [3.63, 3.8) is 0 Å². The van der Waals surface area contributed by atoms with E-state index in [0.29, 0.717) is 11.4 Å². The quantitative estimate of drug-likeness (QED) is 0.151. The zero-order valence-electron chi connectivity index (χ0n) is 24.3. The minimum atomic E-state index is 0.419. The van der Waals surface area contributed by atoms with E-state index in [1.807, 2.05) is 54.7 Å². The summed E-state index contributed by atoms with van der Waals surface area (Å²) in [5.41, 5.74) is 9.66.